The zero-order chi connectivity index (χ0) is 19.6. The number of esters is 1. The topological polar surface area (TPSA) is 26.3 Å². The fourth-order valence-electron chi connectivity index (χ4n) is 2.68. The second-order valence-corrected chi connectivity index (χ2v) is 5.93. The molecule has 3 rings (SSSR count). The van der Waals surface area contributed by atoms with Crippen molar-refractivity contribution in [2.45, 2.75) is 12.8 Å². The average Bonchev–Trinajstić information content (AvgIpc) is 2.60. The summed E-state index contributed by atoms with van der Waals surface area (Å²) in [5.74, 6) is -5.40. The molecule has 6 heteroatoms. The van der Waals surface area contributed by atoms with Gasteiger partial charge in [0, 0.05) is 0 Å². The van der Waals surface area contributed by atoms with E-state index in [2.05, 4.69) is 6.58 Å². The van der Waals surface area contributed by atoms with Gasteiger partial charge >= 0.3 is 5.97 Å². The average molecular weight is 374 g/mol. The predicted molar refractivity (Wildman–Crippen MR) is 93.7 cm³/mol. The van der Waals surface area contributed by atoms with Gasteiger partial charge in [-0.25, -0.2) is 22.4 Å². The van der Waals surface area contributed by atoms with Crippen LogP contribution in [0.4, 0.5) is 17.6 Å². The molecular formula is C21H14F4O2. The van der Waals surface area contributed by atoms with Crippen molar-refractivity contribution in [3.8, 4) is 5.75 Å². The molecule has 0 aromatic heterocycles. The zero-order valence-corrected chi connectivity index (χ0v) is 14.1. The summed E-state index contributed by atoms with van der Waals surface area (Å²) in [5.41, 5.74) is -0.424. The molecular weight excluding hydrogens is 360 g/mol. The Kier molecular flexibility index (Phi) is 5.26. The zero-order valence-electron chi connectivity index (χ0n) is 14.1. The molecule has 0 unspecified atom stereocenters. The SMILES string of the molecule is C=CCCc1cc(F)c(C(=O)Oc2ccc3cc(F)c(F)cc3c2)c(F)c1. The van der Waals surface area contributed by atoms with E-state index in [1.54, 1.807) is 6.08 Å². The Morgan fingerprint density at radius 2 is 1.52 bits per heavy atom. The number of rotatable bonds is 5. The highest BCUT2D eigenvalue weighted by Gasteiger charge is 2.21. The van der Waals surface area contributed by atoms with Crippen molar-refractivity contribution in [3.63, 3.8) is 0 Å². The van der Waals surface area contributed by atoms with E-state index in [0.29, 0.717) is 23.8 Å². The molecule has 2 nitrogen and oxygen atoms in total. The first-order chi connectivity index (χ1) is 12.9. The number of halogens is 4. The van der Waals surface area contributed by atoms with Gasteiger partial charge in [-0.3, -0.25) is 0 Å². The molecule has 0 aliphatic rings. The van der Waals surface area contributed by atoms with Crippen molar-refractivity contribution in [3.05, 3.63) is 89.5 Å². The lowest BCUT2D eigenvalue weighted by Crippen LogP contribution is -2.13. The van der Waals surface area contributed by atoms with Gasteiger partial charge in [-0.15, -0.1) is 6.58 Å². The molecule has 0 spiro atoms. The lowest BCUT2D eigenvalue weighted by molar-refractivity contribution is 0.0725. The molecule has 0 atom stereocenters. The van der Waals surface area contributed by atoms with Crippen LogP contribution in [0.1, 0.15) is 22.3 Å². The fourth-order valence-corrected chi connectivity index (χ4v) is 2.68. The Bertz CT molecular complexity index is 1020. The molecule has 27 heavy (non-hydrogen) atoms. The van der Waals surface area contributed by atoms with Crippen LogP contribution in [0.25, 0.3) is 10.8 Å². The monoisotopic (exact) mass is 374 g/mol. The second-order valence-electron chi connectivity index (χ2n) is 5.93. The Balaban J connectivity index is 1.88. The van der Waals surface area contributed by atoms with Crippen LogP contribution >= 0.6 is 0 Å². The lowest BCUT2D eigenvalue weighted by atomic mass is 10.1. The van der Waals surface area contributed by atoms with Crippen LogP contribution in [0.5, 0.6) is 5.75 Å². The molecule has 0 fully saturated rings. The highest BCUT2D eigenvalue weighted by molar-refractivity contribution is 5.92. The molecule has 0 radical (unpaired) electrons. The number of aryl methyl sites for hydroxylation is 1. The highest BCUT2D eigenvalue weighted by atomic mass is 19.2. The van der Waals surface area contributed by atoms with E-state index >= 15 is 0 Å². The standard InChI is InChI=1S/C21H14F4O2/c1-2-3-4-12-7-18(24)20(19(25)8-12)21(26)27-15-6-5-13-10-16(22)17(23)11-14(13)9-15/h2,5-11H,1,3-4H2. The second kappa shape index (κ2) is 7.61. The van der Waals surface area contributed by atoms with Gasteiger partial charge < -0.3 is 4.74 Å². The molecule has 0 aliphatic heterocycles. The quantitative estimate of drug-likeness (QED) is 0.247. The van der Waals surface area contributed by atoms with Gasteiger partial charge in [0.15, 0.2) is 11.6 Å². The smallest absolute Gasteiger partial charge is 0.349 e. The number of hydrogen-bond acceptors (Lipinski definition) is 2. The number of allylic oxidation sites excluding steroid dienone is 1. The summed E-state index contributed by atoms with van der Waals surface area (Å²) in [7, 11) is 0. The van der Waals surface area contributed by atoms with Gasteiger partial charge in [-0.1, -0.05) is 12.1 Å². The number of benzene rings is 3. The van der Waals surface area contributed by atoms with E-state index in [0.717, 1.165) is 24.3 Å². The largest absolute Gasteiger partial charge is 0.423 e. The number of ether oxygens (including phenoxy) is 1. The van der Waals surface area contributed by atoms with Crippen LogP contribution in [0.3, 0.4) is 0 Å². The maximum atomic E-state index is 14.2. The normalized spacial score (nSPS) is 10.8. The summed E-state index contributed by atoms with van der Waals surface area (Å²) in [6.45, 7) is 3.54. The summed E-state index contributed by atoms with van der Waals surface area (Å²) in [6, 6.07) is 8.10. The molecule has 3 aromatic rings. The van der Waals surface area contributed by atoms with Crippen LogP contribution in [0.2, 0.25) is 0 Å². The minimum absolute atomic E-state index is 0.0481. The molecule has 0 bridgehead atoms. The molecule has 0 saturated heterocycles. The number of carbonyl (C=O) groups is 1. The van der Waals surface area contributed by atoms with Crippen molar-refractivity contribution in [2.24, 2.45) is 0 Å². The molecule has 0 aliphatic carbocycles. The first kappa shape index (κ1) is 18.6. The number of fused-ring (bicyclic) bond motifs is 1. The summed E-state index contributed by atoms with van der Waals surface area (Å²) in [4.78, 5) is 12.2. The van der Waals surface area contributed by atoms with E-state index in [1.807, 2.05) is 0 Å². The van der Waals surface area contributed by atoms with Gasteiger partial charge in [0.1, 0.15) is 22.9 Å². The van der Waals surface area contributed by atoms with Gasteiger partial charge in [-0.2, -0.15) is 0 Å². The highest BCUT2D eigenvalue weighted by Crippen LogP contribution is 2.25. The van der Waals surface area contributed by atoms with Crippen molar-refractivity contribution < 1.29 is 27.1 Å². The van der Waals surface area contributed by atoms with E-state index < -0.39 is 34.8 Å². The summed E-state index contributed by atoms with van der Waals surface area (Å²) >= 11 is 0. The minimum atomic E-state index is -1.22. The van der Waals surface area contributed by atoms with Crippen molar-refractivity contribution in [1.82, 2.24) is 0 Å². The predicted octanol–water partition coefficient (Wildman–Crippen LogP) is 5.73. The van der Waals surface area contributed by atoms with Crippen molar-refractivity contribution in [2.75, 3.05) is 0 Å². The van der Waals surface area contributed by atoms with Gasteiger partial charge in [0.05, 0.1) is 0 Å². The third-order valence-electron chi connectivity index (χ3n) is 4.00. The molecule has 0 amide bonds. The fraction of sp³-hybridized carbons (Fsp3) is 0.0952. The summed E-state index contributed by atoms with van der Waals surface area (Å²) in [6.07, 6.45) is 2.54. The molecule has 0 saturated carbocycles. The summed E-state index contributed by atoms with van der Waals surface area (Å²) < 4.78 is 60.0. The number of carbonyl (C=O) groups excluding carboxylic acids is 1. The summed E-state index contributed by atoms with van der Waals surface area (Å²) in [5, 5.41) is 0.664. The van der Waals surface area contributed by atoms with E-state index in [9.17, 15) is 22.4 Å². The Morgan fingerprint density at radius 3 is 2.15 bits per heavy atom. The van der Waals surface area contributed by atoms with Crippen LogP contribution in [-0.4, -0.2) is 5.97 Å². The Morgan fingerprint density at radius 1 is 0.889 bits per heavy atom. The van der Waals surface area contributed by atoms with Crippen molar-refractivity contribution >= 4 is 16.7 Å². The Hall–Kier alpha value is -3.15. The first-order valence-electron chi connectivity index (χ1n) is 8.09. The van der Waals surface area contributed by atoms with Gasteiger partial charge in [0.2, 0.25) is 0 Å². The lowest BCUT2D eigenvalue weighted by Gasteiger charge is -2.09. The van der Waals surface area contributed by atoms with E-state index in [4.69, 9.17) is 4.74 Å². The van der Waals surface area contributed by atoms with Crippen LogP contribution < -0.4 is 4.74 Å². The first-order valence-corrected chi connectivity index (χ1v) is 8.09. The van der Waals surface area contributed by atoms with Gasteiger partial charge in [-0.05, 0) is 65.6 Å². The van der Waals surface area contributed by atoms with Crippen LogP contribution in [-0.2, 0) is 6.42 Å². The third kappa shape index (κ3) is 4.00. The molecule has 3 aromatic carbocycles. The Labute approximate surface area is 152 Å². The number of hydrogen-bond donors (Lipinski definition) is 0. The molecule has 138 valence electrons. The van der Waals surface area contributed by atoms with Crippen LogP contribution in [0, 0.1) is 23.3 Å². The van der Waals surface area contributed by atoms with Crippen molar-refractivity contribution in [1.29, 1.82) is 0 Å². The molecule has 0 N–H and O–H groups in total. The maximum absolute atomic E-state index is 14.2. The van der Waals surface area contributed by atoms with E-state index in [1.165, 1.54) is 18.2 Å². The van der Waals surface area contributed by atoms with E-state index in [-0.39, 0.29) is 11.1 Å². The van der Waals surface area contributed by atoms with Crippen LogP contribution in [0.15, 0.2) is 55.1 Å². The van der Waals surface area contributed by atoms with Gasteiger partial charge in [0.25, 0.3) is 0 Å². The third-order valence-corrected chi connectivity index (χ3v) is 4.00. The molecule has 0 heterocycles. The maximum Gasteiger partial charge on any atom is 0.349 e. The minimum Gasteiger partial charge on any atom is -0.423 e.